The Bertz CT molecular complexity index is 1210. The molecule has 1 amide bonds. The number of nitrogens with one attached hydrogen (secondary N) is 2. The Kier molecular flexibility index (Phi) is 5.76. The lowest BCUT2D eigenvalue weighted by Gasteiger charge is -2.31. The van der Waals surface area contributed by atoms with Gasteiger partial charge < -0.3 is 15.5 Å². The van der Waals surface area contributed by atoms with E-state index in [1.165, 1.54) is 31.7 Å². The van der Waals surface area contributed by atoms with Gasteiger partial charge in [-0.15, -0.1) is 0 Å². The SMILES string of the molecule is O=C(/C=C/CNC1CCC1)Nc1ccc2ncnc3c2c1CCN3c1cccc(Cl)c1F. The third kappa shape index (κ3) is 3.94. The minimum atomic E-state index is -0.477. The van der Waals surface area contributed by atoms with E-state index in [9.17, 15) is 9.18 Å². The number of benzene rings is 2. The van der Waals surface area contributed by atoms with E-state index < -0.39 is 5.82 Å². The van der Waals surface area contributed by atoms with Gasteiger partial charge in [0.2, 0.25) is 5.91 Å². The number of amides is 1. The predicted octanol–water partition coefficient (Wildman–Crippen LogP) is 4.75. The Labute approximate surface area is 190 Å². The number of rotatable bonds is 6. The summed E-state index contributed by atoms with van der Waals surface area (Å²) in [4.78, 5) is 23.1. The van der Waals surface area contributed by atoms with Crippen LogP contribution in [-0.2, 0) is 11.2 Å². The number of hydrogen-bond donors (Lipinski definition) is 2. The lowest BCUT2D eigenvalue weighted by atomic mass is 9.93. The van der Waals surface area contributed by atoms with Crippen molar-refractivity contribution >= 4 is 45.6 Å². The fourth-order valence-electron chi connectivity index (χ4n) is 4.24. The van der Waals surface area contributed by atoms with Gasteiger partial charge in [0.15, 0.2) is 5.82 Å². The van der Waals surface area contributed by atoms with Crippen molar-refractivity contribution in [2.45, 2.75) is 31.7 Å². The first-order valence-electron chi connectivity index (χ1n) is 10.8. The van der Waals surface area contributed by atoms with Gasteiger partial charge in [0.1, 0.15) is 12.1 Å². The van der Waals surface area contributed by atoms with Gasteiger partial charge in [-0.1, -0.05) is 30.2 Å². The van der Waals surface area contributed by atoms with Gasteiger partial charge in [-0.25, -0.2) is 14.4 Å². The van der Waals surface area contributed by atoms with Gasteiger partial charge in [-0.3, -0.25) is 4.79 Å². The molecule has 0 atom stereocenters. The van der Waals surface area contributed by atoms with Crippen LogP contribution in [0.3, 0.4) is 0 Å². The second-order valence-corrected chi connectivity index (χ2v) is 8.49. The molecule has 2 aliphatic rings. The molecule has 3 aromatic rings. The summed E-state index contributed by atoms with van der Waals surface area (Å²) in [5.41, 5.74) is 2.79. The molecular weight excluding hydrogens is 429 g/mol. The number of carbonyl (C=O) groups is 1. The molecule has 0 radical (unpaired) electrons. The van der Waals surface area contributed by atoms with Crippen LogP contribution in [0.1, 0.15) is 24.8 Å². The third-order valence-corrected chi connectivity index (χ3v) is 6.40. The van der Waals surface area contributed by atoms with Crippen LogP contribution in [-0.4, -0.2) is 35.0 Å². The van der Waals surface area contributed by atoms with E-state index in [0.29, 0.717) is 37.1 Å². The summed E-state index contributed by atoms with van der Waals surface area (Å²) in [6.07, 6.45) is 9.17. The molecule has 1 aliphatic heterocycles. The zero-order valence-corrected chi connectivity index (χ0v) is 18.2. The van der Waals surface area contributed by atoms with E-state index in [0.717, 1.165) is 22.2 Å². The molecule has 164 valence electrons. The van der Waals surface area contributed by atoms with Crippen molar-refractivity contribution in [3.63, 3.8) is 0 Å². The van der Waals surface area contributed by atoms with Crippen molar-refractivity contribution in [3.05, 3.63) is 65.2 Å². The van der Waals surface area contributed by atoms with E-state index in [4.69, 9.17) is 11.6 Å². The summed E-state index contributed by atoms with van der Waals surface area (Å²) in [5, 5.41) is 7.26. The van der Waals surface area contributed by atoms with Gasteiger partial charge in [-0.2, -0.15) is 0 Å². The highest BCUT2D eigenvalue weighted by molar-refractivity contribution is 6.31. The average molecular weight is 452 g/mol. The Morgan fingerprint density at radius 1 is 1.25 bits per heavy atom. The molecule has 2 N–H and O–H groups in total. The van der Waals surface area contributed by atoms with Gasteiger partial charge in [0.05, 0.1) is 16.2 Å². The quantitative estimate of drug-likeness (QED) is 0.529. The Morgan fingerprint density at radius 2 is 2.12 bits per heavy atom. The van der Waals surface area contributed by atoms with Crippen molar-refractivity contribution in [1.82, 2.24) is 15.3 Å². The van der Waals surface area contributed by atoms with Crippen LogP contribution in [0.4, 0.5) is 21.6 Å². The predicted molar refractivity (Wildman–Crippen MR) is 125 cm³/mol. The van der Waals surface area contributed by atoms with Gasteiger partial charge in [-0.05, 0) is 49.1 Å². The molecular formula is C24H23ClFN5O. The minimum absolute atomic E-state index is 0.0678. The summed E-state index contributed by atoms with van der Waals surface area (Å²) in [5.74, 6) is -0.0547. The van der Waals surface area contributed by atoms with Crippen LogP contribution in [0.25, 0.3) is 10.9 Å². The molecule has 6 nitrogen and oxygen atoms in total. The van der Waals surface area contributed by atoms with Crippen molar-refractivity contribution in [1.29, 1.82) is 0 Å². The van der Waals surface area contributed by atoms with Crippen LogP contribution in [0.5, 0.6) is 0 Å². The molecule has 1 saturated carbocycles. The monoisotopic (exact) mass is 451 g/mol. The number of carbonyl (C=O) groups excluding carboxylic acids is 1. The molecule has 2 aromatic carbocycles. The number of halogens is 2. The molecule has 32 heavy (non-hydrogen) atoms. The summed E-state index contributed by atoms with van der Waals surface area (Å²) >= 11 is 6.01. The number of aromatic nitrogens is 2. The average Bonchev–Trinajstić information content (AvgIpc) is 2.76. The van der Waals surface area contributed by atoms with Crippen molar-refractivity contribution in [3.8, 4) is 0 Å². The second kappa shape index (κ2) is 8.84. The molecule has 1 aliphatic carbocycles. The molecule has 0 spiro atoms. The lowest BCUT2D eigenvalue weighted by Crippen LogP contribution is -2.35. The Morgan fingerprint density at radius 3 is 2.94 bits per heavy atom. The maximum Gasteiger partial charge on any atom is 0.248 e. The minimum Gasteiger partial charge on any atom is -0.323 e. The highest BCUT2D eigenvalue weighted by atomic mass is 35.5. The molecule has 2 heterocycles. The lowest BCUT2D eigenvalue weighted by molar-refractivity contribution is -0.111. The van der Waals surface area contributed by atoms with E-state index in [1.807, 2.05) is 23.1 Å². The van der Waals surface area contributed by atoms with E-state index in [2.05, 4.69) is 20.6 Å². The fraction of sp³-hybridized carbons (Fsp3) is 0.292. The molecule has 1 aromatic heterocycles. The zero-order chi connectivity index (χ0) is 22.1. The normalized spacial score (nSPS) is 15.9. The van der Waals surface area contributed by atoms with E-state index in [1.54, 1.807) is 18.2 Å². The summed E-state index contributed by atoms with van der Waals surface area (Å²) < 4.78 is 14.7. The smallest absolute Gasteiger partial charge is 0.248 e. The topological polar surface area (TPSA) is 70.1 Å². The third-order valence-electron chi connectivity index (χ3n) is 6.11. The van der Waals surface area contributed by atoms with Gasteiger partial charge >= 0.3 is 0 Å². The van der Waals surface area contributed by atoms with Gasteiger partial charge in [0, 0.05) is 36.3 Å². The summed E-state index contributed by atoms with van der Waals surface area (Å²) in [6, 6.07) is 9.22. The largest absolute Gasteiger partial charge is 0.323 e. The van der Waals surface area contributed by atoms with Crippen molar-refractivity contribution in [2.24, 2.45) is 0 Å². The molecule has 0 saturated heterocycles. The van der Waals surface area contributed by atoms with Crippen LogP contribution in [0, 0.1) is 5.82 Å². The fourth-order valence-corrected chi connectivity index (χ4v) is 4.41. The molecule has 1 fully saturated rings. The number of nitrogens with zero attached hydrogens (tertiary/aromatic N) is 3. The first-order valence-corrected chi connectivity index (χ1v) is 11.2. The standard InChI is InChI=1S/C24H23ClFN5O/c25-17-6-2-7-20(23(17)26)31-13-11-16-18(9-10-19-22(16)24(31)29-14-28-19)30-21(32)8-3-12-27-15-4-1-5-15/h2-3,6-10,14-15,27H,1,4-5,11-13H2,(H,30,32)/b8-3+. The van der Waals surface area contributed by atoms with Crippen molar-refractivity contribution in [2.75, 3.05) is 23.3 Å². The molecule has 0 bridgehead atoms. The maximum atomic E-state index is 14.7. The highest BCUT2D eigenvalue weighted by Gasteiger charge is 2.26. The first-order chi connectivity index (χ1) is 15.6. The molecule has 5 rings (SSSR count). The van der Waals surface area contributed by atoms with Gasteiger partial charge in [0.25, 0.3) is 0 Å². The Hall–Kier alpha value is -3.03. The van der Waals surface area contributed by atoms with Crippen LogP contribution in [0.2, 0.25) is 5.02 Å². The van der Waals surface area contributed by atoms with Crippen LogP contribution < -0.4 is 15.5 Å². The number of hydrogen-bond acceptors (Lipinski definition) is 5. The Balaban J connectivity index is 1.42. The summed E-state index contributed by atoms with van der Waals surface area (Å²) in [7, 11) is 0. The highest BCUT2D eigenvalue weighted by Crippen LogP contribution is 2.40. The second-order valence-electron chi connectivity index (χ2n) is 8.09. The van der Waals surface area contributed by atoms with E-state index in [-0.39, 0.29) is 10.9 Å². The molecule has 8 heteroatoms. The number of anilines is 3. The van der Waals surface area contributed by atoms with Crippen molar-refractivity contribution < 1.29 is 9.18 Å². The van der Waals surface area contributed by atoms with Crippen LogP contribution >= 0.6 is 11.6 Å². The summed E-state index contributed by atoms with van der Waals surface area (Å²) in [6.45, 7) is 1.19. The zero-order valence-electron chi connectivity index (χ0n) is 17.4. The first kappa shape index (κ1) is 20.8. The van der Waals surface area contributed by atoms with Crippen LogP contribution in [0.15, 0.2) is 48.8 Å². The maximum absolute atomic E-state index is 14.7. The molecule has 0 unspecified atom stereocenters. The van der Waals surface area contributed by atoms with E-state index >= 15 is 0 Å².